The van der Waals surface area contributed by atoms with Gasteiger partial charge in [-0.3, -0.25) is 0 Å². The molecule has 1 unspecified atom stereocenters. The van der Waals surface area contributed by atoms with Crippen LogP contribution in [0, 0.1) is 0 Å². The lowest BCUT2D eigenvalue weighted by molar-refractivity contribution is 0.151. The van der Waals surface area contributed by atoms with Gasteiger partial charge < -0.3 is 15.3 Å². The molecular formula is C23H36O3. The zero-order valence-electron chi connectivity index (χ0n) is 16.2. The molecule has 3 nitrogen and oxygen atoms in total. The van der Waals surface area contributed by atoms with Crippen molar-refractivity contribution in [1.29, 1.82) is 0 Å². The summed E-state index contributed by atoms with van der Waals surface area (Å²) in [6.07, 6.45) is 20.1. The molecule has 1 aromatic carbocycles. The molecule has 0 aliphatic carbocycles. The molecular weight excluding hydrogens is 324 g/mol. The fraction of sp³-hybridized carbons (Fsp3) is 0.565. The second-order valence-corrected chi connectivity index (χ2v) is 7.01. The summed E-state index contributed by atoms with van der Waals surface area (Å²) in [5, 5.41) is 29.0. The average Bonchev–Trinajstić information content (AvgIpc) is 2.60. The summed E-state index contributed by atoms with van der Waals surface area (Å²) in [5.74, 6) is 0.137. The van der Waals surface area contributed by atoms with Crippen LogP contribution in [0.3, 0.4) is 0 Å². The number of allylic oxidation sites excluding steroid dienone is 4. The summed E-state index contributed by atoms with van der Waals surface area (Å²) in [7, 11) is 0. The molecule has 0 heterocycles. The van der Waals surface area contributed by atoms with E-state index in [1.165, 1.54) is 31.7 Å². The van der Waals surface area contributed by atoms with Crippen molar-refractivity contribution in [3.05, 3.63) is 48.1 Å². The maximum absolute atomic E-state index is 10.1. The Hall–Kier alpha value is -1.74. The summed E-state index contributed by atoms with van der Waals surface area (Å²) in [6, 6.07) is 4.59. The topological polar surface area (TPSA) is 60.7 Å². The van der Waals surface area contributed by atoms with Gasteiger partial charge in [0.15, 0.2) is 0 Å². The molecule has 1 rings (SSSR count). The lowest BCUT2D eigenvalue weighted by Crippen LogP contribution is -2.07. The third-order valence-corrected chi connectivity index (χ3v) is 4.47. The summed E-state index contributed by atoms with van der Waals surface area (Å²) in [5.41, 5.74) is 0.857. The van der Waals surface area contributed by atoms with E-state index >= 15 is 0 Å². The van der Waals surface area contributed by atoms with Gasteiger partial charge in [-0.15, -0.1) is 0 Å². The SMILES string of the molecule is CCCC/C=C/C/C=C/CCCCCC(O)CCc1cc(O)cc(O)c1. The number of phenolic OH excluding ortho intramolecular Hbond substituents is 2. The van der Waals surface area contributed by atoms with Crippen LogP contribution in [0.5, 0.6) is 11.5 Å². The fourth-order valence-corrected chi connectivity index (χ4v) is 2.93. The van der Waals surface area contributed by atoms with Crippen LogP contribution in [0.15, 0.2) is 42.5 Å². The molecule has 0 saturated carbocycles. The van der Waals surface area contributed by atoms with Crippen LogP contribution >= 0.6 is 0 Å². The molecule has 146 valence electrons. The van der Waals surface area contributed by atoms with Crippen molar-refractivity contribution in [2.24, 2.45) is 0 Å². The third kappa shape index (κ3) is 11.8. The molecule has 0 aliphatic heterocycles. The van der Waals surface area contributed by atoms with Gasteiger partial charge in [0.2, 0.25) is 0 Å². The zero-order valence-corrected chi connectivity index (χ0v) is 16.2. The van der Waals surface area contributed by atoms with Crippen LogP contribution in [-0.4, -0.2) is 21.4 Å². The van der Waals surface area contributed by atoms with Gasteiger partial charge in [0.05, 0.1) is 6.10 Å². The summed E-state index contributed by atoms with van der Waals surface area (Å²) >= 11 is 0. The molecule has 0 saturated heterocycles. The number of aliphatic hydroxyl groups excluding tert-OH is 1. The van der Waals surface area contributed by atoms with Crippen molar-refractivity contribution >= 4 is 0 Å². The highest BCUT2D eigenvalue weighted by atomic mass is 16.3. The molecule has 0 spiro atoms. The first kappa shape index (κ1) is 22.3. The summed E-state index contributed by atoms with van der Waals surface area (Å²) < 4.78 is 0. The number of benzene rings is 1. The quantitative estimate of drug-likeness (QED) is 0.280. The van der Waals surface area contributed by atoms with Crippen molar-refractivity contribution < 1.29 is 15.3 Å². The van der Waals surface area contributed by atoms with Gasteiger partial charge >= 0.3 is 0 Å². The maximum Gasteiger partial charge on any atom is 0.119 e. The van der Waals surface area contributed by atoms with Crippen molar-refractivity contribution in [2.45, 2.75) is 83.7 Å². The number of unbranched alkanes of at least 4 members (excludes halogenated alkanes) is 5. The highest BCUT2D eigenvalue weighted by Crippen LogP contribution is 2.22. The molecule has 3 N–H and O–H groups in total. The maximum atomic E-state index is 10.1. The number of aromatic hydroxyl groups is 2. The van der Waals surface area contributed by atoms with E-state index in [2.05, 4.69) is 31.2 Å². The highest BCUT2D eigenvalue weighted by Gasteiger charge is 2.06. The van der Waals surface area contributed by atoms with Gasteiger partial charge in [0, 0.05) is 6.07 Å². The van der Waals surface area contributed by atoms with E-state index < -0.39 is 0 Å². The lowest BCUT2D eigenvalue weighted by Gasteiger charge is -2.10. The van der Waals surface area contributed by atoms with Gasteiger partial charge in [0.25, 0.3) is 0 Å². The highest BCUT2D eigenvalue weighted by molar-refractivity contribution is 5.36. The molecule has 0 radical (unpaired) electrons. The molecule has 0 aliphatic rings. The van der Waals surface area contributed by atoms with E-state index in [-0.39, 0.29) is 17.6 Å². The van der Waals surface area contributed by atoms with Crippen molar-refractivity contribution in [3.8, 4) is 11.5 Å². The van der Waals surface area contributed by atoms with E-state index in [1.807, 2.05) is 0 Å². The minimum Gasteiger partial charge on any atom is -0.508 e. The van der Waals surface area contributed by atoms with Crippen molar-refractivity contribution in [1.82, 2.24) is 0 Å². The number of phenols is 2. The van der Waals surface area contributed by atoms with Crippen molar-refractivity contribution in [2.75, 3.05) is 0 Å². The molecule has 0 aromatic heterocycles. The molecule has 3 heteroatoms. The predicted octanol–water partition coefficient (Wildman–Crippen LogP) is 6.03. The Kier molecular flexibility index (Phi) is 12.4. The standard InChI is InChI=1S/C23H36O3/c1-2-3-4-5-6-7-8-9-10-11-12-13-14-21(24)16-15-20-17-22(25)19-23(26)18-20/h5-6,8-9,17-19,21,24-26H,2-4,7,10-16H2,1H3/b6-5+,9-8+. The van der Waals surface area contributed by atoms with Gasteiger partial charge in [0.1, 0.15) is 11.5 Å². The van der Waals surface area contributed by atoms with Crippen LogP contribution in [0.1, 0.15) is 76.7 Å². The normalized spacial score (nSPS) is 13.0. The summed E-state index contributed by atoms with van der Waals surface area (Å²) in [4.78, 5) is 0. The van der Waals surface area contributed by atoms with Gasteiger partial charge in [-0.25, -0.2) is 0 Å². The number of hydrogen-bond donors (Lipinski definition) is 3. The molecule has 0 fully saturated rings. The van der Waals surface area contributed by atoms with E-state index in [4.69, 9.17) is 0 Å². The molecule has 26 heavy (non-hydrogen) atoms. The number of aliphatic hydroxyl groups is 1. The summed E-state index contributed by atoms with van der Waals surface area (Å²) in [6.45, 7) is 2.22. The first-order valence-electron chi connectivity index (χ1n) is 10.1. The predicted molar refractivity (Wildman–Crippen MR) is 110 cm³/mol. The average molecular weight is 361 g/mol. The van der Waals surface area contributed by atoms with Gasteiger partial charge in [-0.1, -0.05) is 56.9 Å². The van der Waals surface area contributed by atoms with E-state index in [0.717, 1.165) is 37.7 Å². The minimum absolute atomic E-state index is 0.0685. The second kappa shape index (κ2) is 14.4. The monoisotopic (exact) mass is 360 g/mol. The minimum atomic E-state index is -0.316. The zero-order chi connectivity index (χ0) is 19.0. The van der Waals surface area contributed by atoms with Crippen LogP contribution in [0.2, 0.25) is 0 Å². The fourth-order valence-electron chi connectivity index (χ4n) is 2.93. The van der Waals surface area contributed by atoms with E-state index in [0.29, 0.717) is 12.8 Å². The molecule has 1 aromatic rings. The second-order valence-electron chi connectivity index (χ2n) is 7.01. The van der Waals surface area contributed by atoms with E-state index in [1.54, 1.807) is 12.1 Å². The largest absolute Gasteiger partial charge is 0.508 e. The van der Waals surface area contributed by atoms with Crippen LogP contribution < -0.4 is 0 Å². The lowest BCUT2D eigenvalue weighted by atomic mass is 10.0. The molecule has 0 bridgehead atoms. The first-order chi connectivity index (χ1) is 12.6. The Morgan fingerprint density at radius 1 is 0.808 bits per heavy atom. The van der Waals surface area contributed by atoms with E-state index in [9.17, 15) is 15.3 Å². The van der Waals surface area contributed by atoms with Crippen LogP contribution in [0.4, 0.5) is 0 Å². The Morgan fingerprint density at radius 3 is 2.12 bits per heavy atom. The molecule has 1 atom stereocenters. The third-order valence-electron chi connectivity index (χ3n) is 4.47. The van der Waals surface area contributed by atoms with Crippen LogP contribution in [-0.2, 0) is 6.42 Å². The van der Waals surface area contributed by atoms with Gasteiger partial charge in [-0.05, 0) is 62.6 Å². The number of rotatable bonds is 14. The smallest absolute Gasteiger partial charge is 0.119 e. The van der Waals surface area contributed by atoms with Crippen molar-refractivity contribution in [3.63, 3.8) is 0 Å². The number of hydrogen-bond acceptors (Lipinski definition) is 3. The van der Waals surface area contributed by atoms with Crippen LogP contribution in [0.25, 0.3) is 0 Å². The Balaban J connectivity index is 2.01. The Morgan fingerprint density at radius 2 is 1.46 bits per heavy atom. The Bertz CT molecular complexity index is 514. The number of aryl methyl sites for hydroxylation is 1. The molecule has 0 amide bonds. The van der Waals surface area contributed by atoms with Gasteiger partial charge in [-0.2, -0.15) is 0 Å². The Labute approximate surface area is 159 Å². The first-order valence-corrected chi connectivity index (χ1v) is 10.1.